The molecule has 110 valence electrons. The average molecular weight is 335 g/mol. The first-order chi connectivity index (χ1) is 10.7. The molecular formula is C15H8Cl2N2O3. The van der Waals surface area contributed by atoms with Crippen LogP contribution in [0.4, 0.5) is 0 Å². The minimum absolute atomic E-state index is 0.217. The van der Waals surface area contributed by atoms with Crippen LogP contribution < -0.4 is 9.47 Å². The van der Waals surface area contributed by atoms with Crippen molar-refractivity contribution in [3.63, 3.8) is 0 Å². The number of rotatable bonds is 2. The van der Waals surface area contributed by atoms with Crippen LogP contribution in [0.15, 0.2) is 40.8 Å². The third-order valence-electron chi connectivity index (χ3n) is 3.21. The highest BCUT2D eigenvalue weighted by Gasteiger charge is 2.18. The van der Waals surface area contributed by atoms with E-state index in [-0.39, 0.29) is 6.79 Å². The number of halogens is 2. The molecule has 0 saturated heterocycles. The van der Waals surface area contributed by atoms with Crippen molar-refractivity contribution in [1.82, 2.24) is 10.2 Å². The predicted molar refractivity (Wildman–Crippen MR) is 81.3 cm³/mol. The van der Waals surface area contributed by atoms with Crippen LogP contribution in [0.5, 0.6) is 11.5 Å². The Balaban J connectivity index is 1.72. The number of hydrogen-bond donors (Lipinski definition) is 0. The van der Waals surface area contributed by atoms with Gasteiger partial charge in [0.25, 0.3) is 0 Å². The van der Waals surface area contributed by atoms with Crippen molar-refractivity contribution in [2.75, 3.05) is 6.79 Å². The van der Waals surface area contributed by atoms with E-state index in [0.29, 0.717) is 38.9 Å². The van der Waals surface area contributed by atoms with Crippen LogP contribution in [-0.2, 0) is 0 Å². The van der Waals surface area contributed by atoms with E-state index < -0.39 is 0 Å². The van der Waals surface area contributed by atoms with Gasteiger partial charge < -0.3 is 13.9 Å². The van der Waals surface area contributed by atoms with Crippen LogP contribution in [-0.4, -0.2) is 17.0 Å². The monoisotopic (exact) mass is 334 g/mol. The Morgan fingerprint density at radius 1 is 0.864 bits per heavy atom. The van der Waals surface area contributed by atoms with E-state index in [1.165, 1.54) is 0 Å². The largest absolute Gasteiger partial charge is 0.454 e. The number of benzene rings is 2. The van der Waals surface area contributed by atoms with Crippen molar-refractivity contribution in [3.8, 4) is 34.4 Å². The SMILES string of the molecule is Clc1ccc(-c2nnc(-c3ccc4c(c3)OCO4)o2)c(Cl)c1. The maximum atomic E-state index is 6.15. The number of nitrogens with zero attached hydrogens (tertiary/aromatic N) is 2. The van der Waals surface area contributed by atoms with Crippen molar-refractivity contribution in [1.29, 1.82) is 0 Å². The normalized spacial score (nSPS) is 12.6. The molecule has 1 aliphatic heterocycles. The summed E-state index contributed by atoms with van der Waals surface area (Å²) in [5.41, 5.74) is 1.37. The summed E-state index contributed by atoms with van der Waals surface area (Å²) in [6.07, 6.45) is 0. The molecule has 0 atom stereocenters. The Kier molecular flexibility index (Phi) is 3.17. The molecule has 0 saturated carbocycles. The second kappa shape index (κ2) is 5.19. The van der Waals surface area contributed by atoms with Gasteiger partial charge in [-0.05, 0) is 36.4 Å². The minimum Gasteiger partial charge on any atom is -0.454 e. The Morgan fingerprint density at radius 2 is 1.68 bits per heavy atom. The van der Waals surface area contributed by atoms with Gasteiger partial charge in [-0.15, -0.1) is 10.2 Å². The van der Waals surface area contributed by atoms with Gasteiger partial charge in [0.2, 0.25) is 18.6 Å². The summed E-state index contributed by atoms with van der Waals surface area (Å²) in [5, 5.41) is 9.08. The van der Waals surface area contributed by atoms with Gasteiger partial charge in [-0.25, -0.2) is 0 Å². The lowest BCUT2D eigenvalue weighted by molar-refractivity contribution is 0.174. The summed E-state index contributed by atoms with van der Waals surface area (Å²) in [6, 6.07) is 10.5. The summed E-state index contributed by atoms with van der Waals surface area (Å²) < 4.78 is 16.3. The number of hydrogen-bond acceptors (Lipinski definition) is 5. The second-order valence-corrected chi connectivity index (χ2v) is 5.45. The predicted octanol–water partition coefficient (Wildman–Crippen LogP) is 4.44. The Labute approximate surface area is 135 Å². The number of aromatic nitrogens is 2. The molecule has 1 aromatic heterocycles. The molecule has 0 unspecified atom stereocenters. The Hall–Kier alpha value is -2.24. The average Bonchev–Trinajstić information content (AvgIpc) is 3.15. The van der Waals surface area contributed by atoms with Gasteiger partial charge in [-0.3, -0.25) is 0 Å². The summed E-state index contributed by atoms with van der Waals surface area (Å²) in [4.78, 5) is 0. The first-order valence-corrected chi connectivity index (χ1v) is 7.15. The van der Waals surface area contributed by atoms with Crippen LogP contribution in [0.25, 0.3) is 22.9 Å². The van der Waals surface area contributed by atoms with E-state index in [9.17, 15) is 0 Å². The van der Waals surface area contributed by atoms with Crippen LogP contribution in [0.3, 0.4) is 0 Å². The fourth-order valence-corrected chi connectivity index (χ4v) is 2.63. The lowest BCUT2D eigenvalue weighted by Crippen LogP contribution is -1.92. The van der Waals surface area contributed by atoms with Crippen LogP contribution >= 0.6 is 23.2 Å². The van der Waals surface area contributed by atoms with Gasteiger partial charge in [-0.1, -0.05) is 23.2 Å². The molecule has 22 heavy (non-hydrogen) atoms. The zero-order valence-corrected chi connectivity index (χ0v) is 12.6. The van der Waals surface area contributed by atoms with E-state index in [0.717, 1.165) is 5.56 Å². The highest BCUT2D eigenvalue weighted by atomic mass is 35.5. The van der Waals surface area contributed by atoms with Crippen LogP contribution in [0.1, 0.15) is 0 Å². The molecule has 0 spiro atoms. The zero-order valence-electron chi connectivity index (χ0n) is 11.0. The second-order valence-electron chi connectivity index (χ2n) is 4.60. The van der Waals surface area contributed by atoms with Crippen molar-refractivity contribution in [3.05, 3.63) is 46.4 Å². The van der Waals surface area contributed by atoms with Gasteiger partial charge in [0, 0.05) is 10.6 Å². The van der Waals surface area contributed by atoms with Crippen molar-refractivity contribution < 1.29 is 13.9 Å². The number of ether oxygens (including phenoxy) is 2. The molecule has 2 heterocycles. The molecular weight excluding hydrogens is 327 g/mol. The third-order valence-corrected chi connectivity index (χ3v) is 3.75. The van der Waals surface area contributed by atoms with E-state index in [1.54, 1.807) is 30.3 Å². The molecule has 5 nitrogen and oxygen atoms in total. The van der Waals surface area contributed by atoms with E-state index in [4.69, 9.17) is 37.1 Å². The molecule has 2 aromatic carbocycles. The molecule has 0 aliphatic carbocycles. The summed E-state index contributed by atoms with van der Waals surface area (Å²) in [7, 11) is 0. The maximum absolute atomic E-state index is 6.15. The van der Waals surface area contributed by atoms with Gasteiger partial charge in [0.05, 0.1) is 10.6 Å². The standard InChI is InChI=1S/C15H8Cl2N2O3/c16-9-2-3-10(11(17)6-9)15-19-18-14(22-15)8-1-4-12-13(5-8)21-7-20-12/h1-6H,7H2. The van der Waals surface area contributed by atoms with Gasteiger partial charge in [0.15, 0.2) is 11.5 Å². The van der Waals surface area contributed by atoms with Gasteiger partial charge in [-0.2, -0.15) is 0 Å². The molecule has 0 radical (unpaired) electrons. The first kappa shape index (κ1) is 13.4. The van der Waals surface area contributed by atoms with Crippen molar-refractivity contribution >= 4 is 23.2 Å². The van der Waals surface area contributed by atoms with Crippen LogP contribution in [0, 0.1) is 0 Å². The van der Waals surface area contributed by atoms with E-state index in [1.807, 2.05) is 6.07 Å². The van der Waals surface area contributed by atoms with Crippen molar-refractivity contribution in [2.24, 2.45) is 0 Å². The lowest BCUT2D eigenvalue weighted by Gasteiger charge is -2.00. The Bertz CT molecular complexity index is 864. The smallest absolute Gasteiger partial charge is 0.249 e. The molecule has 4 rings (SSSR count). The molecule has 0 bridgehead atoms. The highest BCUT2D eigenvalue weighted by molar-refractivity contribution is 6.36. The summed E-state index contributed by atoms with van der Waals surface area (Å²) >= 11 is 12.0. The third kappa shape index (κ3) is 2.28. The molecule has 3 aromatic rings. The fraction of sp³-hybridized carbons (Fsp3) is 0.0667. The lowest BCUT2D eigenvalue weighted by atomic mass is 10.2. The molecule has 0 fully saturated rings. The van der Waals surface area contributed by atoms with Gasteiger partial charge in [0.1, 0.15) is 0 Å². The molecule has 1 aliphatic rings. The van der Waals surface area contributed by atoms with Crippen molar-refractivity contribution in [2.45, 2.75) is 0 Å². The summed E-state index contributed by atoms with van der Waals surface area (Å²) in [6.45, 7) is 0.217. The summed E-state index contributed by atoms with van der Waals surface area (Å²) in [5.74, 6) is 2.06. The molecule has 0 N–H and O–H groups in total. The van der Waals surface area contributed by atoms with Crippen LogP contribution in [0.2, 0.25) is 10.0 Å². The minimum atomic E-state index is 0.217. The molecule has 7 heteroatoms. The molecule has 0 amide bonds. The quantitative estimate of drug-likeness (QED) is 0.693. The van der Waals surface area contributed by atoms with Gasteiger partial charge >= 0.3 is 0 Å². The highest BCUT2D eigenvalue weighted by Crippen LogP contribution is 2.36. The fourth-order valence-electron chi connectivity index (χ4n) is 2.14. The zero-order chi connectivity index (χ0) is 15.1. The first-order valence-electron chi connectivity index (χ1n) is 6.40. The maximum Gasteiger partial charge on any atom is 0.249 e. The van der Waals surface area contributed by atoms with E-state index in [2.05, 4.69) is 10.2 Å². The topological polar surface area (TPSA) is 57.4 Å². The van der Waals surface area contributed by atoms with E-state index >= 15 is 0 Å². The number of fused-ring (bicyclic) bond motifs is 1. The Morgan fingerprint density at radius 3 is 2.55 bits per heavy atom.